The van der Waals surface area contributed by atoms with Crippen molar-refractivity contribution in [1.29, 1.82) is 0 Å². The second-order valence-corrected chi connectivity index (χ2v) is 7.38. The molecule has 0 fully saturated rings. The van der Waals surface area contributed by atoms with Crippen LogP contribution < -0.4 is 10.3 Å². The number of ether oxygens (including phenoxy) is 1. The van der Waals surface area contributed by atoms with Crippen LogP contribution in [0.3, 0.4) is 0 Å². The van der Waals surface area contributed by atoms with Gasteiger partial charge in [0.15, 0.2) is 11.5 Å². The molecule has 0 bridgehead atoms. The first-order chi connectivity index (χ1) is 15.6. The maximum Gasteiger partial charge on any atom is 0.269 e. The lowest BCUT2D eigenvalue weighted by molar-refractivity contribution is 0.414. The van der Waals surface area contributed by atoms with E-state index in [1.807, 2.05) is 31.2 Å². The molecule has 3 aromatic carbocycles. The number of methoxy groups -OCH3 is 1. The average Bonchev–Trinajstić information content (AvgIpc) is 3.24. The fraction of sp³-hybridized carbons (Fsp3) is 0.0800. The molecule has 0 aliphatic rings. The van der Waals surface area contributed by atoms with Crippen molar-refractivity contribution < 1.29 is 9.13 Å². The fourth-order valence-electron chi connectivity index (χ4n) is 3.64. The van der Waals surface area contributed by atoms with Crippen LogP contribution in [0.5, 0.6) is 5.75 Å². The van der Waals surface area contributed by atoms with Crippen molar-refractivity contribution in [3.63, 3.8) is 0 Å². The summed E-state index contributed by atoms with van der Waals surface area (Å²) in [5.41, 5.74) is 2.66. The van der Waals surface area contributed by atoms with Crippen molar-refractivity contribution in [2.24, 2.45) is 0 Å². The minimum absolute atomic E-state index is 0.194. The summed E-state index contributed by atoms with van der Waals surface area (Å²) in [4.78, 5) is 18.3. The molecule has 7 heteroatoms. The van der Waals surface area contributed by atoms with E-state index in [1.54, 1.807) is 54.3 Å². The zero-order valence-electron chi connectivity index (χ0n) is 17.5. The number of rotatable bonds is 4. The summed E-state index contributed by atoms with van der Waals surface area (Å²) in [6, 6.07) is 21.0. The summed E-state index contributed by atoms with van der Waals surface area (Å²) in [5, 5.41) is 4.74. The summed E-state index contributed by atoms with van der Waals surface area (Å²) >= 11 is 0. The summed E-state index contributed by atoms with van der Waals surface area (Å²) in [6.07, 6.45) is 1.50. The third-order valence-corrected chi connectivity index (χ3v) is 5.32. The van der Waals surface area contributed by atoms with E-state index in [2.05, 4.69) is 5.10 Å². The molecular weight excluding hydrogens is 407 g/mol. The molecule has 0 spiro atoms. The summed E-state index contributed by atoms with van der Waals surface area (Å²) in [7, 11) is 1.57. The van der Waals surface area contributed by atoms with E-state index in [0.29, 0.717) is 22.5 Å². The first-order valence-corrected chi connectivity index (χ1v) is 10.0. The number of hydrogen-bond donors (Lipinski definition) is 0. The number of benzene rings is 3. The highest BCUT2D eigenvalue weighted by Crippen LogP contribution is 2.26. The molecule has 5 aromatic rings. The molecule has 0 amide bonds. The predicted molar refractivity (Wildman–Crippen MR) is 121 cm³/mol. The van der Waals surface area contributed by atoms with Gasteiger partial charge in [0.1, 0.15) is 17.0 Å². The maximum absolute atomic E-state index is 14.8. The standard InChI is InChI=1S/C25H19FN4O2/c1-16-7-9-18(10-8-16)30-24-21(15-27-30)25(31)29(17-11-13-19(32-2)14-12-17)23(28-24)20-5-3-4-6-22(20)26/h3-15H,1-2H3. The minimum Gasteiger partial charge on any atom is -0.497 e. The molecule has 2 aromatic heterocycles. The van der Waals surface area contributed by atoms with E-state index in [4.69, 9.17) is 9.72 Å². The second-order valence-electron chi connectivity index (χ2n) is 7.38. The van der Waals surface area contributed by atoms with Gasteiger partial charge < -0.3 is 4.74 Å². The number of fused-ring (bicyclic) bond motifs is 1. The summed E-state index contributed by atoms with van der Waals surface area (Å²) in [5.74, 6) is 0.373. The maximum atomic E-state index is 14.8. The third-order valence-electron chi connectivity index (χ3n) is 5.32. The zero-order chi connectivity index (χ0) is 22.2. The van der Waals surface area contributed by atoms with Gasteiger partial charge in [0.05, 0.1) is 30.2 Å². The quantitative estimate of drug-likeness (QED) is 0.418. The van der Waals surface area contributed by atoms with Crippen molar-refractivity contribution in [3.8, 4) is 28.5 Å². The van der Waals surface area contributed by atoms with Crippen molar-refractivity contribution >= 4 is 11.0 Å². The molecule has 0 saturated heterocycles. The topological polar surface area (TPSA) is 61.9 Å². The number of aromatic nitrogens is 4. The monoisotopic (exact) mass is 426 g/mol. The molecule has 0 radical (unpaired) electrons. The van der Waals surface area contributed by atoms with Crippen molar-refractivity contribution in [1.82, 2.24) is 19.3 Å². The van der Waals surface area contributed by atoms with Crippen LogP contribution in [-0.4, -0.2) is 26.4 Å². The van der Waals surface area contributed by atoms with Gasteiger partial charge in [-0.1, -0.05) is 29.8 Å². The highest BCUT2D eigenvalue weighted by molar-refractivity contribution is 5.79. The Balaban J connectivity index is 1.83. The molecule has 5 rings (SSSR count). The SMILES string of the molecule is COc1ccc(-n2c(-c3ccccc3F)nc3c(cnn3-c3ccc(C)cc3)c2=O)cc1. The minimum atomic E-state index is -0.470. The van der Waals surface area contributed by atoms with Crippen LogP contribution >= 0.6 is 0 Å². The molecule has 0 aliphatic heterocycles. The van der Waals surface area contributed by atoms with Gasteiger partial charge in [-0.05, 0) is 55.5 Å². The van der Waals surface area contributed by atoms with E-state index in [0.717, 1.165) is 11.3 Å². The molecule has 158 valence electrons. The Morgan fingerprint density at radius 2 is 1.59 bits per heavy atom. The van der Waals surface area contributed by atoms with Crippen LogP contribution in [0.2, 0.25) is 0 Å². The van der Waals surface area contributed by atoms with Gasteiger partial charge in [-0.2, -0.15) is 5.10 Å². The van der Waals surface area contributed by atoms with E-state index in [1.165, 1.54) is 16.8 Å². The zero-order valence-corrected chi connectivity index (χ0v) is 17.5. The van der Waals surface area contributed by atoms with Crippen LogP contribution in [-0.2, 0) is 0 Å². The second kappa shape index (κ2) is 7.77. The van der Waals surface area contributed by atoms with Gasteiger partial charge in [-0.3, -0.25) is 9.36 Å². The van der Waals surface area contributed by atoms with Gasteiger partial charge in [-0.15, -0.1) is 0 Å². The van der Waals surface area contributed by atoms with Crippen LogP contribution in [0, 0.1) is 12.7 Å². The Hall–Kier alpha value is -4.26. The van der Waals surface area contributed by atoms with E-state index in [9.17, 15) is 9.18 Å². The molecule has 0 unspecified atom stereocenters. The molecule has 0 atom stereocenters. The fourth-order valence-corrected chi connectivity index (χ4v) is 3.64. The van der Waals surface area contributed by atoms with Crippen LogP contribution in [0.25, 0.3) is 33.8 Å². The Kier molecular flexibility index (Phi) is 4.78. The molecule has 2 heterocycles. The highest BCUT2D eigenvalue weighted by Gasteiger charge is 2.20. The van der Waals surface area contributed by atoms with Crippen LogP contribution in [0.4, 0.5) is 4.39 Å². The number of halogens is 1. The third kappa shape index (κ3) is 3.24. The van der Waals surface area contributed by atoms with Crippen molar-refractivity contribution in [3.05, 3.63) is 101 Å². The molecular formula is C25H19FN4O2. The van der Waals surface area contributed by atoms with E-state index >= 15 is 0 Å². The molecule has 32 heavy (non-hydrogen) atoms. The van der Waals surface area contributed by atoms with Crippen molar-refractivity contribution in [2.75, 3.05) is 7.11 Å². The number of hydrogen-bond acceptors (Lipinski definition) is 4. The Morgan fingerprint density at radius 3 is 2.28 bits per heavy atom. The molecule has 0 aliphatic carbocycles. The van der Waals surface area contributed by atoms with Gasteiger partial charge >= 0.3 is 0 Å². The van der Waals surface area contributed by atoms with Gasteiger partial charge in [0, 0.05) is 0 Å². The van der Waals surface area contributed by atoms with Crippen LogP contribution in [0.15, 0.2) is 83.8 Å². The first kappa shape index (κ1) is 19.7. The van der Waals surface area contributed by atoms with Gasteiger partial charge in [0.25, 0.3) is 5.56 Å². The number of aryl methyl sites for hydroxylation is 1. The van der Waals surface area contributed by atoms with E-state index in [-0.39, 0.29) is 16.9 Å². The van der Waals surface area contributed by atoms with Crippen LogP contribution in [0.1, 0.15) is 5.56 Å². The average molecular weight is 426 g/mol. The lowest BCUT2D eigenvalue weighted by atomic mass is 10.1. The normalized spacial score (nSPS) is 11.1. The lowest BCUT2D eigenvalue weighted by Gasteiger charge is -2.14. The van der Waals surface area contributed by atoms with E-state index < -0.39 is 5.82 Å². The first-order valence-electron chi connectivity index (χ1n) is 10.0. The largest absolute Gasteiger partial charge is 0.497 e. The smallest absolute Gasteiger partial charge is 0.269 e. The van der Waals surface area contributed by atoms with Gasteiger partial charge in [-0.25, -0.2) is 14.1 Å². The highest BCUT2D eigenvalue weighted by atomic mass is 19.1. The Bertz CT molecular complexity index is 1490. The molecule has 0 N–H and O–H groups in total. The summed E-state index contributed by atoms with van der Waals surface area (Å²) < 4.78 is 23.0. The van der Waals surface area contributed by atoms with Gasteiger partial charge in [0.2, 0.25) is 0 Å². The lowest BCUT2D eigenvalue weighted by Crippen LogP contribution is -2.22. The number of nitrogens with zero attached hydrogens (tertiary/aromatic N) is 4. The summed E-state index contributed by atoms with van der Waals surface area (Å²) in [6.45, 7) is 1.99. The molecule has 6 nitrogen and oxygen atoms in total. The Labute approximate surface area is 183 Å². The predicted octanol–water partition coefficient (Wildman–Crippen LogP) is 4.69. The Morgan fingerprint density at radius 1 is 0.906 bits per heavy atom. The van der Waals surface area contributed by atoms with Crippen molar-refractivity contribution in [2.45, 2.75) is 6.92 Å². The molecule has 0 saturated carbocycles.